The molecule has 0 radical (unpaired) electrons. The minimum Gasteiger partial charge on any atom is -0.478 e. The second kappa shape index (κ2) is 5.22. The van der Waals surface area contributed by atoms with Crippen LogP contribution in [0.5, 0.6) is 0 Å². The third-order valence-corrected chi connectivity index (χ3v) is 3.20. The number of halogens is 1. The number of carbonyl (C=O) groups is 1. The molecule has 0 aliphatic carbocycles. The molecule has 0 saturated heterocycles. The van der Waals surface area contributed by atoms with Gasteiger partial charge in [0.05, 0.1) is 5.56 Å². The first-order valence-electron chi connectivity index (χ1n) is 6.15. The lowest BCUT2D eigenvalue weighted by atomic mass is 9.96. The fourth-order valence-electron chi connectivity index (χ4n) is 2.02. The summed E-state index contributed by atoms with van der Waals surface area (Å²) in [6.45, 7) is 3.61. The molecule has 0 unspecified atom stereocenters. The topological polar surface area (TPSA) is 37.3 Å². The molecule has 0 fully saturated rings. The first-order valence-corrected chi connectivity index (χ1v) is 6.15. The zero-order chi connectivity index (χ0) is 14.0. The summed E-state index contributed by atoms with van der Waals surface area (Å²) in [6, 6.07) is 10.2. The average molecular weight is 258 g/mol. The maximum atomic E-state index is 13.7. The largest absolute Gasteiger partial charge is 0.478 e. The number of rotatable bonds is 3. The molecular formula is C16H15FO2. The summed E-state index contributed by atoms with van der Waals surface area (Å²) in [4.78, 5) is 11.3. The van der Waals surface area contributed by atoms with Gasteiger partial charge in [-0.2, -0.15) is 0 Å². The van der Waals surface area contributed by atoms with E-state index in [0.29, 0.717) is 16.7 Å². The fraction of sp³-hybridized carbons (Fsp3) is 0.188. The molecule has 0 aliphatic rings. The number of aromatic carboxylic acids is 1. The molecule has 98 valence electrons. The lowest BCUT2D eigenvalue weighted by Gasteiger charge is -2.09. The third-order valence-electron chi connectivity index (χ3n) is 3.20. The molecule has 0 spiro atoms. The predicted octanol–water partition coefficient (Wildman–Crippen LogP) is 4.06. The Labute approximate surface area is 111 Å². The molecule has 3 heteroatoms. The summed E-state index contributed by atoms with van der Waals surface area (Å²) >= 11 is 0. The third kappa shape index (κ3) is 2.65. The smallest absolute Gasteiger partial charge is 0.336 e. The van der Waals surface area contributed by atoms with E-state index in [9.17, 15) is 14.3 Å². The maximum Gasteiger partial charge on any atom is 0.336 e. The van der Waals surface area contributed by atoms with Gasteiger partial charge >= 0.3 is 5.97 Å². The van der Waals surface area contributed by atoms with Crippen LogP contribution in [0.15, 0.2) is 36.4 Å². The number of benzene rings is 2. The lowest BCUT2D eigenvalue weighted by Crippen LogP contribution is -2.02. The SMILES string of the molecule is CCc1ccc(-c2cc(F)c(C)cc2C(=O)O)cc1. The summed E-state index contributed by atoms with van der Waals surface area (Å²) in [6.07, 6.45) is 0.911. The highest BCUT2D eigenvalue weighted by Gasteiger charge is 2.14. The van der Waals surface area contributed by atoms with E-state index in [4.69, 9.17) is 0 Å². The number of aryl methyl sites for hydroxylation is 2. The first-order chi connectivity index (χ1) is 9.02. The van der Waals surface area contributed by atoms with Crippen molar-refractivity contribution < 1.29 is 14.3 Å². The number of hydrogen-bond donors (Lipinski definition) is 1. The zero-order valence-electron chi connectivity index (χ0n) is 10.9. The van der Waals surface area contributed by atoms with Crippen molar-refractivity contribution >= 4 is 5.97 Å². The number of carboxylic acid groups (broad SMARTS) is 1. The molecule has 2 aromatic rings. The molecule has 0 saturated carbocycles. The van der Waals surface area contributed by atoms with Gasteiger partial charge in [-0.05, 0) is 47.7 Å². The Kier molecular flexibility index (Phi) is 3.65. The van der Waals surface area contributed by atoms with E-state index in [1.807, 2.05) is 31.2 Å². The van der Waals surface area contributed by atoms with Crippen LogP contribution in [0.4, 0.5) is 4.39 Å². The van der Waals surface area contributed by atoms with Crippen LogP contribution in [-0.4, -0.2) is 11.1 Å². The second-order valence-corrected chi connectivity index (χ2v) is 4.50. The Balaban J connectivity index is 2.59. The number of carboxylic acids is 1. The molecule has 2 aromatic carbocycles. The van der Waals surface area contributed by atoms with E-state index >= 15 is 0 Å². The van der Waals surface area contributed by atoms with E-state index in [2.05, 4.69) is 0 Å². The van der Waals surface area contributed by atoms with Crippen LogP contribution in [0.1, 0.15) is 28.4 Å². The Hall–Kier alpha value is -2.16. The van der Waals surface area contributed by atoms with Gasteiger partial charge in [-0.15, -0.1) is 0 Å². The lowest BCUT2D eigenvalue weighted by molar-refractivity contribution is 0.0697. The van der Waals surface area contributed by atoms with Gasteiger partial charge in [0.2, 0.25) is 0 Å². The molecule has 1 N–H and O–H groups in total. The minimum atomic E-state index is -1.04. The van der Waals surface area contributed by atoms with Gasteiger partial charge in [0.1, 0.15) is 5.82 Å². The zero-order valence-corrected chi connectivity index (χ0v) is 10.9. The molecular weight excluding hydrogens is 243 g/mol. The Morgan fingerprint density at radius 1 is 1.21 bits per heavy atom. The van der Waals surface area contributed by atoms with E-state index < -0.39 is 5.97 Å². The summed E-state index contributed by atoms with van der Waals surface area (Å²) in [5.74, 6) is -1.43. The van der Waals surface area contributed by atoms with Crippen LogP contribution < -0.4 is 0 Å². The van der Waals surface area contributed by atoms with Crippen molar-refractivity contribution in [2.24, 2.45) is 0 Å². The van der Waals surface area contributed by atoms with Crippen molar-refractivity contribution in [1.82, 2.24) is 0 Å². The molecule has 19 heavy (non-hydrogen) atoms. The van der Waals surface area contributed by atoms with E-state index in [0.717, 1.165) is 12.0 Å². The summed E-state index contributed by atoms with van der Waals surface area (Å²) in [5.41, 5.74) is 2.76. The highest BCUT2D eigenvalue weighted by molar-refractivity contribution is 5.96. The van der Waals surface area contributed by atoms with Crippen LogP contribution in [0.3, 0.4) is 0 Å². The summed E-state index contributed by atoms with van der Waals surface area (Å²) < 4.78 is 13.7. The first kappa shape index (κ1) is 13.3. The van der Waals surface area contributed by atoms with Gasteiger partial charge < -0.3 is 5.11 Å². The van der Waals surface area contributed by atoms with Crippen LogP contribution in [-0.2, 0) is 6.42 Å². The molecule has 0 aromatic heterocycles. The van der Waals surface area contributed by atoms with Crippen molar-refractivity contribution in [3.05, 3.63) is 58.9 Å². The highest BCUT2D eigenvalue weighted by atomic mass is 19.1. The van der Waals surface area contributed by atoms with Gasteiger partial charge in [0.25, 0.3) is 0 Å². The van der Waals surface area contributed by atoms with Crippen LogP contribution >= 0.6 is 0 Å². The Morgan fingerprint density at radius 3 is 2.37 bits per heavy atom. The number of hydrogen-bond acceptors (Lipinski definition) is 1. The molecule has 2 rings (SSSR count). The molecule has 0 bridgehead atoms. The monoisotopic (exact) mass is 258 g/mol. The maximum absolute atomic E-state index is 13.7. The average Bonchev–Trinajstić information content (AvgIpc) is 2.41. The van der Waals surface area contributed by atoms with Crippen LogP contribution in [0, 0.1) is 12.7 Å². The minimum absolute atomic E-state index is 0.128. The van der Waals surface area contributed by atoms with Gasteiger partial charge in [0.15, 0.2) is 0 Å². The summed E-state index contributed by atoms with van der Waals surface area (Å²) in [5, 5.41) is 9.22. The van der Waals surface area contributed by atoms with Crippen LogP contribution in [0.2, 0.25) is 0 Å². The van der Waals surface area contributed by atoms with Gasteiger partial charge in [0, 0.05) is 0 Å². The van der Waals surface area contributed by atoms with Crippen molar-refractivity contribution in [3.8, 4) is 11.1 Å². The van der Waals surface area contributed by atoms with Crippen LogP contribution in [0.25, 0.3) is 11.1 Å². The molecule has 2 nitrogen and oxygen atoms in total. The fourth-order valence-corrected chi connectivity index (χ4v) is 2.02. The van der Waals surface area contributed by atoms with E-state index in [1.54, 1.807) is 6.92 Å². The van der Waals surface area contributed by atoms with E-state index in [-0.39, 0.29) is 11.4 Å². The standard InChI is InChI=1S/C16H15FO2/c1-3-11-4-6-12(7-5-11)13-9-15(17)10(2)8-14(13)16(18)19/h4-9H,3H2,1-2H3,(H,18,19). The molecule has 0 amide bonds. The van der Waals surface area contributed by atoms with Gasteiger partial charge in [-0.3, -0.25) is 0 Å². The van der Waals surface area contributed by atoms with Gasteiger partial charge in [-0.25, -0.2) is 9.18 Å². The molecule has 0 aliphatic heterocycles. The Bertz CT molecular complexity index is 615. The normalized spacial score (nSPS) is 10.5. The van der Waals surface area contributed by atoms with Crippen molar-refractivity contribution in [2.75, 3.05) is 0 Å². The van der Waals surface area contributed by atoms with Crippen molar-refractivity contribution in [1.29, 1.82) is 0 Å². The Morgan fingerprint density at radius 2 is 1.84 bits per heavy atom. The van der Waals surface area contributed by atoms with Crippen molar-refractivity contribution in [3.63, 3.8) is 0 Å². The second-order valence-electron chi connectivity index (χ2n) is 4.50. The van der Waals surface area contributed by atoms with E-state index in [1.165, 1.54) is 12.1 Å². The highest BCUT2D eigenvalue weighted by Crippen LogP contribution is 2.27. The van der Waals surface area contributed by atoms with Crippen molar-refractivity contribution in [2.45, 2.75) is 20.3 Å². The summed E-state index contributed by atoms with van der Waals surface area (Å²) in [7, 11) is 0. The predicted molar refractivity (Wildman–Crippen MR) is 72.9 cm³/mol. The molecule has 0 atom stereocenters. The van der Waals surface area contributed by atoms with Gasteiger partial charge in [-0.1, -0.05) is 31.2 Å². The molecule has 0 heterocycles. The quantitative estimate of drug-likeness (QED) is 0.901.